The first-order chi connectivity index (χ1) is 10.2. The van der Waals surface area contributed by atoms with Gasteiger partial charge in [-0.2, -0.15) is 0 Å². The molecule has 1 aromatic rings. The smallest absolute Gasteiger partial charge is 0.251 e. The minimum atomic E-state index is -0.0202. The van der Waals surface area contributed by atoms with E-state index < -0.39 is 0 Å². The van der Waals surface area contributed by atoms with Crippen molar-refractivity contribution in [2.45, 2.75) is 32.1 Å². The predicted octanol–water partition coefficient (Wildman–Crippen LogP) is 3.19. The van der Waals surface area contributed by atoms with Crippen molar-refractivity contribution in [3.05, 3.63) is 29.8 Å². The van der Waals surface area contributed by atoms with Crippen molar-refractivity contribution < 1.29 is 8.98 Å². The first-order valence-electron chi connectivity index (χ1n) is 7.61. The number of carbonyl (C=O) groups excluding carboxylic acids is 1. The van der Waals surface area contributed by atoms with E-state index in [1.165, 1.54) is 12.0 Å². The quantitative estimate of drug-likeness (QED) is 0.532. The van der Waals surface area contributed by atoms with Crippen LogP contribution in [-0.4, -0.2) is 43.6 Å². The Bertz CT molecular complexity index is 405. The molecule has 118 valence electrons. The van der Waals surface area contributed by atoms with E-state index in [9.17, 15) is 4.79 Å². The molecular formula is C16H26N2O2S. The summed E-state index contributed by atoms with van der Waals surface area (Å²) in [5, 5.41) is 2.95. The fourth-order valence-electron chi connectivity index (χ4n) is 1.82. The SMILES string of the molecule is CCCOSc1ccc(C(=O)NCCN(CC)CC)cc1. The molecule has 1 aromatic carbocycles. The lowest BCUT2D eigenvalue weighted by Gasteiger charge is -2.17. The van der Waals surface area contributed by atoms with Gasteiger partial charge in [-0.05, 0) is 43.8 Å². The summed E-state index contributed by atoms with van der Waals surface area (Å²) >= 11 is 1.35. The molecule has 0 aliphatic carbocycles. The summed E-state index contributed by atoms with van der Waals surface area (Å²) in [7, 11) is 0. The van der Waals surface area contributed by atoms with E-state index in [1.54, 1.807) is 0 Å². The van der Waals surface area contributed by atoms with Crippen molar-refractivity contribution in [2.24, 2.45) is 0 Å². The normalized spacial score (nSPS) is 10.9. The maximum atomic E-state index is 12.0. The highest BCUT2D eigenvalue weighted by Crippen LogP contribution is 2.19. The summed E-state index contributed by atoms with van der Waals surface area (Å²) in [4.78, 5) is 15.3. The van der Waals surface area contributed by atoms with E-state index in [1.807, 2.05) is 24.3 Å². The molecule has 1 rings (SSSR count). The van der Waals surface area contributed by atoms with Crippen molar-refractivity contribution in [3.8, 4) is 0 Å². The van der Waals surface area contributed by atoms with Crippen LogP contribution in [0.1, 0.15) is 37.6 Å². The van der Waals surface area contributed by atoms with Crippen LogP contribution in [0.5, 0.6) is 0 Å². The van der Waals surface area contributed by atoms with Crippen LogP contribution in [0, 0.1) is 0 Å². The number of nitrogens with one attached hydrogen (secondary N) is 1. The number of benzene rings is 1. The standard InChI is InChI=1S/C16H26N2O2S/c1-4-13-20-21-15-9-7-14(8-10-15)16(19)17-11-12-18(5-2)6-3/h7-10H,4-6,11-13H2,1-3H3,(H,17,19). The first kappa shape index (κ1) is 18.0. The summed E-state index contributed by atoms with van der Waals surface area (Å²) in [5.74, 6) is -0.0202. The average Bonchev–Trinajstić information content (AvgIpc) is 2.52. The van der Waals surface area contributed by atoms with Crippen molar-refractivity contribution in [2.75, 3.05) is 32.8 Å². The van der Waals surface area contributed by atoms with Crippen LogP contribution >= 0.6 is 12.0 Å². The Morgan fingerprint density at radius 1 is 1.19 bits per heavy atom. The van der Waals surface area contributed by atoms with Gasteiger partial charge >= 0.3 is 0 Å². The van der Waals surface area contributed by atoms with E-state index in [2.05, 4.69) is 31.0 Å². The van der Waals surface area contributed by atoms with Gasteiger partial charge in [0.15, 0.2) is 0 Å². The number of likely N-dealkylation sites (N-methyl/N-ethyl adjacent to an activating group) is 1. The summed E-state index contributed by atoms with van der Waals surface area (Å²) in [6, 6.07) is 7.51. The van der Waals surface area contributed by atoms with Crippen molar-refractivity contribution in [1.29, 1.82) is 0 Å². The first-order valence-corrected chi connectivity index (χ1v) is 8.35. The Labute approximate surface area is 132 Å². The zero-order chi connectivity index (χ0) is 15.5. The molecule has 0 aliphatic heterocycles. The topological polar surface area (TPSA) is 41.6 Å². The highest BCUT2D eigenvalue weighted by atomic mass is 32.2. The number of rotatable bonds is 10. The number of hydrogen-bond donors (Lipinski definition) is 1. The van der Waals surface area contributed by atoms with Gasteiger partial charge < -0.3 is 14.4 Å². The second-order valence-corrected chi connectivity index (χ2v) is 5.59. The molecule has 0 spiro atoms. The van der Waals surface area contributed by atoms with E-state index >= 15 is 0 Å². The van der Waals surface area contributed by atoms with Gasteiger partial charge in [0, 0.05) is 35.6 Å². The van der Waals surface area contributed by atoms with E-state index in [0.29, 0.717) is 12.1 Å². The zero-order valence-corrected chi connectivity index (χ0v) is 14.0. The molecule has 0 fully saturated rings. The zero-order valence-electron chi connectivity index (χ0n) is 13.2. The van der Waals surface area contributed by atoms with Gasteiger partial charge in [0.25, 0.3) is 5.91 Å². The van der Waals surface area contributed by atoms with Crippen molar-refractivity contribution in [3.63, 3.8) is 0 Å². The van der Waals surface area contributed by atoms with Crippen LogP contribution in [0.2, 0.25) is 0 Å². The molecular weight excluding hydrogens is 284 g/mol. The van der Waals surface area contributed by atoms with Gasteiger partial charge in [0.2, 0.25) is 0 Å². The number of hydrogen-bond acceptors (Lipinski definition) is 4. The van der Waals surface area contributed by atoms with Gasteiger partial charge in [0.05, 0.1) is 6.61 Å². The minimum Gasteiger partial charge on any atom is -0.351 e. The number of nitrogens with zero attached hydrogens (tertiary/aromatic N) is 1. The minimum absolute atomic E-state index is 0.0202. The lowest BCUT2D eigenvalue weighted by Crippen LogP contribution is -2.34. The second-order valence-electron chi connectivity index (χ2n) is 4.71. The second kappa shape index (κ2) is 10.7. The van der Waals surface area contributed by atoms with Gasteiger partial charge in [-0.3, -0.25) is 4.79 Å². The van der Waals surface area contributed by atoms with Crippen molar-refractivity contribution in [1.82, 2.24) is 10.2 Å². The van der Waals surface area contributed by atoms with Crippen LogP contribution in [0.4, 0.5) is 0 Å². The van der Waals surface area contributed by atoms with Gasteiger partial charge in [-0.15, -0.1) is 0 Å². The molecule has 0 aromatic heterocycles. The number of carbonyl (C=O) groups is 1. The number of amides is 1. The maximum absolute atomic E-state index is 12.0. The average molecular weight is 310 g/mol. The Morgan fingerprint density at radius 2 is 1.86 bits per heavy atom. The molecule has 0 saturated carbocycles. The fraction of sp³-hybridized carbons (Fsp3) is 0.562. The third-order valence-corrected chi connectivity index (χ3v) is 3.92. The van der Waals surface area contributed by atoms with E-state index in [4.69, 9.17) is 4.18 Å². The highest BCUT2D eigenvalue weighted by molar-refractivity contribution is 7.94. The summed E-state index contributed by atoms with van der Waals surface area (Å²) in [5.41, 5.74) is 0.689. The van der Waals surface area contributed by atoms with Crippen LogP contribution in [0.3, 0.4) is 0 Å². The molecule has 0 unspecified atom stereocenters. The lowest BCUT2D eigenvalue weighted by atomic mass is 10.2. The van der Waals surface area contributed by atoms with Gasteiger partial charge in [-0.1, -0.05) is 20.8 Å². The molecule has 0 aliphatic rings. The molecule has 5 heteroatoms. The third kappa shape index (κ3) is 6.98. The molecule has 0 saturated heterocycles. The monoisotopic (exact) mass is 310 g/mol. The molecule has 0 heterocycles. The molecule has 4 nitrogen and oxygen atoms in total. The van der Waals surface area contributed by atoms with Crippen molar-refractivity contribution >= 4 is 17.9 Å². The molecule has 1 amide bonds. The van der Waals surface area contributed by atoms with Crippen LogP contribution < -0.4 is 5.32 Å². The Morgan fingerprint density at radius 3 is 2.43 bits per heavy atom. The third-order valence-electron chi connectivity index (χ3n) is 3.17. The van der Waals surface area contributed by atoms with E-state index in [-0.39, 0.29) is 5.91 Å². The van der Waals surface area contributed by atoms with Crippen LogP contribution in [0.25, 0.3) is 0 Å². The van der Waals surface area contributed by atoms with Crippen LogP contribution in [-0.2, 0) is 4.18 Å². The van der Waals surface area contributed by atoms with E-state index in [0.717, 1.165) is 37.6 Å². The molecule has 0 radical (unpaired) electrons. The summed E-state index contributed by atoms with van der Waals surface area (Å²) in [6.07, 6.45) is 1.00. The Balaban J connectivity index is 2.37. The largest absolute Gasteiger partial charge is 0.351 e. The Kier molecular flexibility index (Phi) is 9.14. The molecule has 1 N–H and O–H groups in total. The van der Waals surface area contributed by atoms with Gasteiger partial charge in [0.1, 0.15) is 0 Å². The summed E-state index contributed by atoms with van der Waals surface area (Å²) < 4.78 is 5.40. The van der Waals surface area contributed by atoms with Crippen LogP contribution in [0.15, 0.2) is 29.2 Å². The molecule has 21 heavy (non-hydrogen) atoms. The van der Waals surface area contributed by atoms with Gasteiger partial charge in [-0.25, -0.2) is 0 Å². The Hall–Kier alpha value is -1.04. The fourth-order valence-corrected chi connectivity index (χ4v) is 2.46. The molecule has 0 bridgehead atoms. The highest BCUT2D eigenvalue weighted by Gasteiger charge is 2.06. The molecule has 0 atom stereocenters. The lowest BCUT2D eigenvalue weighted by molar-refractivity contribution is 0.0949. The predicted molar refractivity (Wildman–Crippen MR) is 88.7 cm³/mol. The maximum Gasteiger partial charge on any atom is 0.251 e. The summed E-state index contributed by atoms with van der Waals surface area (Å²) in [6.45, 7) is 10.6.